The molecule has 0 saturated heterocycles. The number of benzene rings is 1. The highest BCUT2D eigenvalue weighted by Crippen LogP contribution is 2.07. The quantitative estimate of drug-likeness (QED) is 0.566. The number of ether oxygens (including phenoxy) is 2. The van der Waals surface area contributed by atoms with Gasteiger partial charge < -0.3 is 15.2 Å². The van der Waals surface area contributed by atoms with Crippen molar-refractivity contribution in [3.63, 3.8) is 0 Å². The Morgan fingerprint density at radius 1 is 1.50 bits per heavy atom. The van der Waals surface area contributed by atoms with E-state index < -0.39 is 0 Å². The van der Waals surface area contributed by atoms with E-state index in [0.717, 1.165) is 11.1 Å². The predicted molar refractivity (Wildman–Crippen MR) is 63.6 cm³/mol. The first-order valence-corrected chi connectivity index (χ1v) is 5.17. The van der Waals surface area contributed by atoms with Gasteiger partial charge in [-0.3, -0.25) is 5.41 Å². The van der Waals surface area contributed by atoms with Crippen LogP contribution in [-0.2, 0) is 16.1 Å². The summed E-state index contributed by atoms with van der Waals surface area (Å²) in [4.78, 5) is 0. The molecular formula is C12H18N2O2. The van der Waals surface area contributed by atoms with E-state index in [0.29, 0.717) is 13.2 Å². The summed E-state index contributed by atoms with van der Waals surface area (Å²) in [7, 11) is 1.65. The second-order valence-electron chi connectivity index (χ2n) is 3.69. The molecule has 0 fully saturated rings. The van der Waals surface area contributed by atoms with Gasteiger partial charge in [-0.1, -0.05) is 18.2 Å². The highest BCUT2D eigenvalue weighted by molar-refractivity contribution is 5.95. The first kappa shape index (κ1) is 12.7. The van der Waals surface area contributed by atoms with Crippen LogP contribution in [0.4, 0.5) is 0 Å². The lowest BCUT2D eigenvalue weighted by atomic mass is 10.1. The van der Waals surface area contributed by atoms with Gasteiger partial charge in [0.2, 0.25) is 0 Å². The predicted octanol–water partition coefficient (Wildman–Crippen LogP) is 1.52. The molecule has 0 aliphatic carbocycles. The molecule has 3 N–H and O–H groups in total. The molecule has 4 nitrogen and oxygen atoms in total. The molecule has 0 bridgehead atoms. The zero-order valence-corrected chi connectivity index (χ0v) is 9.69. The van der Waals surface area contributed by atoms with E-state index in [1.165, 1.54) is 0 Å². The average molecular weight is 222 g/mol. The van der Waals surface area contributed by atoms with Crippen LogP contribution < -0.4 is 5.73 Å². The van der Waals surface area contributed by atoms with Crippen molar-refractivity contribution in [1.82, 2.24) is 0 Å². The van der Waals surface area contributed by atoms with Gasteiger partial charge in [0.05, 0.1) is 19.3 Å². The Bertz CT molecular complexity index is 353. The normalized spacial score (nSPS) is 12.4. The molecule has 4 heteroatoms. The van der Waals surface area contributed by atoms with E-state index in [4.69, 9.17) is 20.6 Å². The topological polar surface area (TPSA) is 68.3 Å². The second kappa shape index (κ2) is 6.25. The molecule has 1 atom stereocenters. The summed E-state index contributed by atoms with van der Waals surface area (Å²) in [5.41, 5.74) is 7.14. The van der Waals surface area contributed by atoms with Gasteiger partial charge in [-0.15, -0.1) is 0 Å². The van der Waals surface area contributed by atoms with Crippen LogP contribution in [0.3, 0.4) is 0 Å². The maximum absolute atomic E-state index is 7.33. The number of nitrogens with one attached hydrogen (secondary N) is 1. The van der Waals surface area contributed by atoms with Crippen LogP contribution >= 0.6 is 0 Å². The van der Waals surface area contributed by atoms with Crippen molar-refractivity contribution in [2.75, 3.05) is 13.7 Å². The van der Waals surface area contributed by atoms with E-state index >= 15 is 0 Å². The van der Waals surface area contributed by atoms with Crippen molar-refractivity contribution in [3.05, 3.63) is 35.4 Å². The van der Waals surface area contributed by atoms with Crippen molar-refractivity contribution < 1.29 is 9.47 Å². The van der Waals surface area contributed by atoms with Crippen LogP contribution in [0.25, 0.3) is 0 Å². The Kier molecular flexibility index (Phi) is 4.95. The average Bonchev–Trinajstić information content (AvgIpc) is 2.27. The molecule has 0 amide bonds. The smallest absolute Gasteiger partial charge is 0.122 e. The molecule has 1 aromatic carbocycles. The molecule has 1 rings (SSSR count). The molecule has 0 radical (unpaired) electrons. The summed E-state index contributed by atoms with van der Waals surface area (Å²) in [5, 5.41) is 7.33. The number of amidine groups is 1. The molecule has 0 aliphatic heterocycles. The van der Waals surface area contributed by atoms with Crippen molar-refractivity contribution >= 4 is 5.84 Å². The van der Waals surface area contributed by atoms with Gasteiger partial charge in [0.25, 0.3) is 0 Å². The van der Waals surface area contributed by atoms with Crippen molar-refractivity contribution in [2.24, 2.45) is 5.73 Å². The Morgan fingerprint density at radius 3 is 2.88 bits per heavy atom. The first-order chi connectivity index (χ1) is 7.63. The van der Waals surface area contributed by atoms with E-state index in [9.17, 15) is 0 Å². The van der Waals surface area contributed by atoms with E-state index in [2.05, 4.69) is 0 Å². The van der Waals surface area contributed by atoms with E-state index in [-0.39, 0.29) is 11.9 Å². The first-order valence-electron chi connectivity index (χ1n) is 5.17. The molecule has 0 spiro atoms. The van der Waals surface area contributed by atoms with E-state index in [1.807, 2.05) is 31.2 Å². The van der Waals surface area contributed by atoms with Crippen LogP contribution in [-0.4, -0.2) is 25.7 Å². The van der Waals surface area contributed by atoms with Crippen LogP contribution in [0.15, 0.2) is 24.3 Å². The third-order valence-electron chi connectivity index (χ3n) is 2.17. The summed E-state index contributed by atoms with van der Waals surface area (Å²) in [6.07, 6.45) is 0.0611. The Hall–Kier alpha value is -1.39. The second-order valence-corrected chi connectivity index (χ2v) is 3.69. The van der Waals surface area contributed by atoms with Gasteiger partial charge in [0, 0.05) is 12.7 Å². The lowest BCUT2D eigenvalue weighted by Crippen LogP contribution is -2.15. The molecule has 0 saturated carbocycles. The number of methoxy groups -OCH3 is 1. The number of hydrogen-bond donors (Lipinski definition) is 2. The van der Waals surface area contributed by atoms with Crippen molar-refractivity contribution in [2.45, 2.75) is 19.6 Å². The van der Waals surface area contributed by atoms with Gasteiger partial charge in [-0.05, 0) is 18.6 Å². The third-order valence-corrected chi connectivity index (χ3v) is 2.17. The summed E-state index contributed by atoms with van der Waals surface area (Å²) in [5.74, 6) is 0.0757. The number of hydrogen-bond acceptors (Lipinski definition) is 3. The van der Waals surface area contributed by atoms with Gasteiger partial charge in [-0.2, -0.15) is 0 Å². The maximum Gasteiger partial charge on any atom is 0.122 e. The number of nitrogens with two attached hydrogens (primary N) is 1. The Balaban J connectivity index is 2.54. The van der Waals surface area contributed by atoms with Gasteiger partial charge in [0.1, 0.15) is 5.84 Å². The SMILES string of the molecule is COCC(C)OCc1cccc(C(=N)N)c1. The summed E-state index contributed by atoms with van der Waals surface area (Å²) >= 11 is 0. The minimum atomic E-state index is 0.0611. The fourth-order valence-electron chi connectivity index (χ4n) is 1.35. The molecule has 0 aliphatic rings. The third kappa shape index (κ3) is 4.00. The van der Waals surface area contributed by atoms with E-state index in [1.54, 1.807) is 7.11 Å². The minimum absolute atomic E-state index is 0.0611. The minimum Gasteiger partial charge on any atom is -0.384 e. The van der Waals surface area contributed by atoms with Crippen molar-refractivity contribution in [3.8, 4) is 0 Å². The zero-order chi connectivity index (χ0) is 12.0. The number of nitrogen functional groups attached to an aromatic ring is 1. The molecule has 1 unspecified atom stereocenters. The summed E-state index contributed by atoms with van der Waals surface area (Å²) < 4.78 is 10.5. The van der Waals surface area contributed by atoms with Gasteiger partial charge in [0.15, 0.2) is 0 Å². The fraction of sp³-hybridized carbons (Fsp3) is 0.417. The van der Waals surface area contributed by atoms with Crippen LogP contribution in [0, 0.1) is 5.41 Å². The molecular weight excluding hydrogens is 204 g/mol. The fourth-order valence-corrected chi connectivity index (χ4v) is 1.35. The largest absolute Gasteiger partial charge is 0.384 e. The summed E-state index contributed by atoms with van der Waals surface area (Å²) in [6, 6.07) is 7.49. The lowest BCUT2D eigenvalue weighted by Gasteiger charge is -2.12. The maximum atomic E-state index is 7.33. The summed E-state index contributed by atoms with van der Waals surface area (Å²) in [6.45, 7) is 3.04. The molecule has 1 aromatic rings. The van der Waals surface area contributed by atoms with Gasteiger partial charge >= 0.3 is 0 Å². The highest BCUT2D eigenvalue weighted by Gasteiger charge is 2.03. The monoisotopic (exact) mass is 222 g/mol. The Morgan fingerprint density at radius 2 is 2.25 bits per heavy atom. The number of rotatable bonds is 6. The highest BCUT2D eigenvalue weighted by atomic mass is 16.5. The Labute approximate surface area is 95.9 Å². The zero-order valence-electron chi connectivity index (χ0n) is 9.69. The van der Waals surface area contributed by atoms with Crippen LogP contribution in [0.2, 0.25) is 0 Å². The van der Waals surface area contributed by atoms with Gasteiger partial charge in [-0.25, -0.2) is 0 Å². The van der Waals surface area contributed by atoms with Crippen LogP contribution in [0.5, 0.6) is 0 Å². The molecule has 88 valence electrons. The van der Waals surface area contributed by atoms with Crippen LogP contribution in [0.1, 0.15) is 18.1 Å². The molecule has 0 heterocycles. The molecule has 0 aromatic heterocycles. The molecule has 16 heavy (non-hydrogen) atoms. The van der Waals surface area contributed by atoms with Crippen molar-refractivity contribution in [1.29, 1.82) is 5.41 Å². The lowest BCUT2D eigenvalue weighted by molar-refractivity contribution is -0.000128. The standard InChI is InChI=1S/C12H18N2O2/c1-9(7-15-2)16-8-10-4-3-5-11(6-10)12(13)14/h3-6,9H,7-8H2,1-2H3,(H3,13,14).